The molecule has 0 aliphatic carbocycles. The Hall–Kier alpha value is -3.46. The molecule has 0 radical (unpaired) electrons. The summed E-state index contributed by atoms with van der Waals surface area (Å²) in [4.78, 5) is 44.5. The van der Waals surface area contributed by atoms with Crippen LogP contribution in [0.4, 0.5) is 5.69 Å². The van der Waals surface area contributed by atoms with Crippen LogP contribution in [-0.4, -0.2) is 81.0 Å². The maximum atomic E-state index is 12.6. The van der Waals surface area contributed by atoms with Crippen molar-refractivity contribution >= 4 is 57.0 Å². The van der Waals surface area contributed by atoms with E-state index < -0.39 is 49.0 Å². The minimum Gasteiger partial charge on any atom is -0.506 e. The fraction of sp³-hybridized carbons (Fsp3) is 0.318. The lowest BCUT2D eigenvalue weighted by atomic mass is 10.0. The van der Waals surface area contributed by atoms with Gasteiger partial charge in [-0.1, -0.05) is 11.6 Å². The van der Waals surface area contributed by atoms with Gasteiger partial charge < -0.3 is 41.7 Å². The Morgan fingerprint density at radius 1 is 1.19 bits per heavy atom. The third-order valence-electron chi connectivity index (χ3n) is 5.18. The summed E-state index contributed by atoms with van der Waals surface area (Å²) in [6.07, 6.45) is 0.182. The van der Waals surface area contributed by atoms with Crippen molar-refractivity contribution in [2.24, 2.45) is 4.99 Å². The van der Waals surface area contributed by atoms with E-state index in [1.54, 1.807) is 0 Å². The Kier molecular flexibility index (Phi) is 9.63. The van der Waals surface area contributed by atoms with Gasteiger partial charge in [-0.05, 0) is 34.1 Å². The number of phenolic OH excluding ortho intramolecular Hbond substituents is 1. The second-order valence-electron chi connectivity index (χ2n) is 8.02. The van der Waals surface area contributed by atoms with Crippen LogP contribution < -0.4 is 21.3 Å². The number of hydrogen-bond acceptors (Lipinski definition) is 10. The average Bonchev–Trinajstić information content (AvgIpc) is 3.00. The number of phenols is 1. The molecule has 198 valence electrons. The van der Waals surface area contributed by atoms with Crippen molar-refractivity contribution in [2.45, 2.75) is 24.7 Å². The normalized spacial score (nSPS) is 18.0. The van der Waals surface area contributed by atoms with E-state index in [0.717, 1.165) is 0 Å². The van der Waals surface area contributed by atoms with E-state index in [-0.39, 0.29) is 45.4 Å². The molecule has 1 aromatic heterocycles. The number of guanidine groups is 1. The lowest BCUT2D eigenvalue weighted by Crippen LogP contribution is -2.39. The first-order valence-corrected chi connectivity index (χ1v) is 12.0. The van der Waals surface area contributed by atoms with Gasteiger partial charge in [0.15, 0.2) is 5.96 Å². The van der Waals surface area contributed by atoms with Crippen molar-refractivity contribution < 1.29 is 34.8 Å². The van der Waals surface area contributed by atoms with Crippen molar-refractivity contribution in [3.63, 3.8) is 0 Å². The van der Waals surface area contributed by atoms with Crippen molar-refractivity contribution in [1.82, 2.24) is 20.9 Å². The minimum atomic E-state index is -1.22. The Morgan fingerprint density at radius 3 is 2.68 bits per heavy atom. The molecule has 13 nitrogen and oxygen atoms in total. The smallest absolute Gasteiger partial charge is 0.305 e. The van der Waals surface area contributed by atoms with Gasteiger partial charge in [-0.2, -0.15) is 0 Å². The van der Waals surface area contributed by atoms with Crippen LogP contribution in [0.5, 0.6) is 5.75 Å². The number of amides is 2. The Bertz CT molecular complexity index is 1210. The third kappa shape index (κ3) is 8.01. The van der Waals surface area contributed by atoms with Crippen LogP contribution in [0, 0.1) is 0 Å². The number of aromatic hydroxyl groups is 1. The number of aliphatic carboxylic acids is 1. The molecule has 1 aliphatic heterocycles. The SMILES string of the molecule is O=C(O)CC(NC(=O)CNC(=O)c1cncc(NC2=NC[C@H](O)[C@@H](O)CN2)c1)c1cc(Cl)cc(Br)c1O. The van der Waals surface area contributed by atoms with E-state index in [1.165, 1.54) is 30.6 Å². The highest BCUT2D eigenvalue weighted by Gasteiger charge is 2.24. The van der Waals surface area contributed by atoms with Gasteiger partial charge in [-0.15, -0.1) is 0 Å². The van der Waals surface area contributed by atoms with Gasteiger partial charge in [0.2, 0.25) is 5.91 Å². The number of benzene rings is 1. The van der Waals surface area contributed by atoms with Crippen LogP contribution in [0.1, 0.15) is 28.4 Å². The van der Waals surface area contributed by atoms with E-state index in [2.05, 4.69) is 47.2 Å². The van der Waals surface area contributed by atoms with Crippen LogP contribution >= 0.6 is 27.5 Å². The molecule has 2 aromatic rings. The number of aliphatic hydroxyl groups is 2. The van der Waals surface area contributed by atoms with E-state index >= 15 is 0 Å². The van der Waals surface area contributed by atoms with Gasteiger partial charge in [0.25, 0.3) is 5.91 Å². The molecule has 1 aromatic carbocycles. The number of nitrogens with one attached hydrogen (secondary N) is 4. The molecule has 8 N–H and O–H groups in total. The second-order valence-corrected chi connectivity index (χ2v) is 9.31. The number of rotatable bonds is 8. The van der Waals surface area contributed by atoms with Crippen LogP contribution in [0.3, 0.4) is 0 Å². The zero-order valence-electron chi connectivity index (χ0n) is 19.1. The van der Waals surface area contributed by atoms with E-state index in [9.17, 15) is 34.8 Å². The van der Waals surface area contributed by atoms with Gasteiger partial charge in [0, 0.05) is 23.3 Å². The number of β-amino-alcohol motifs (C(OH)–C–C–N with tert-alkyl or cyclic N) is 1. The summed E-state index contributed by atoms with van der Waals surface area (Å²) in [6.45, 7) is -0.437. The van der Waals surface area contributed by atoms with Gasteiger partial charge in [0.05, 0.1) is 53.6 Å². The standard InChI is InChI=1S/C22H24BrClN6O7/c23-14-3-11(24)2-13(20(14)36)15(4-19(34)35)30-18(33)9-26-21(37)10-1-12(6-25-5-10)29-22-27-7-16(31)17(32)8-28-22/h1-3,5-6,15-17,31-32,36H,4,7-9H2,(H,26,37)(H,30,33)(H,34,35)(H2,27,28,29)/t15?,16-,17-/m0/s1. The number of carboxylic acid groups (broad SMARTS) is 1. The second kappa shape index (κ2) is 12.7. The monoisotopic (exact) mass is 598 g/mol. The summed E-state index contributed by atoms with van der Waals surface area (Å²) in [5.74, 6) is -2.55. The predicted octanol–water partition coefficient (Wildman–Crippen LogP) is 0.358. The summed E-state index contributed by atoms with van der Waals surface area (Å²) in [5.41, 5.74) is 0.600. The lowest BCUT2D eigenvalue weighted by molar-refractivity contribution is -0.137. The van der Waals surface area contributed by atoms with Crippen LogP contribution in [0.25, 0.3) is 0 Å². The Morgan fingerprint density at radius 2 is 1.95 bits per heavy atom. The molecular weight excluding hydrogens is 576 g/mol. The Balaban J connectivity index is 1.62. The number of aliphatic hydroxyl groups excluding tert-OH is 2. The number of hydrogen-bond donors (Lipinski definition) is 8. The topological polar surface area (TPSA) is 205 Å². The number of carboxylic acids is 1. The quantitative estimate of drug-likeness (QED) is 0.209. The molecule has 3 atom stereocenters. The predicted molar refractivity (Wildman–Crippen MR) is 136 cm³/mol. The van der Waals surface area contributed by atoms with Crippen molar-refractivity contribution in [3.05, 3.63) is 51.2 Å². The summed E-state index contributed by atoms with van der Waals surface area (Å²) < 4.78 is 0.228. The maximum Gasteiger partial charge on any atom is 0.305 e. The van der Waals surface area contributed by atoms with Crippen LogP contribution in [0.15, 0.2) is 40.1 Å². The molecule has 0 spiro atoms. The van der Waals surface area contributed by atoms with E-state index in [1.807, 2.05) is 0 Å². The molecule has 0 saturated carbocycles. The highest BCUT2D eigenvalue weighted by Crippen LogP contribution is 2.36. The van der Waals surface area contributed by atoms with E-state index in [4.69, 9.17) is 11.6 Å². The number of pyridine rings is 1. The van der Waals surface area contributed by atoms with Crippen molar-refractivity contribution in [1.29, 1.82) is 0 Å². The largest absolute Gasteiger partial charge is 0.506 e. The van der Waals surface area contributed by atoms with Crippen molar-refractivity contribution in [2.75, 3.05) is 25.0 Å². The number of carbonyl (C=O) groups is 3. The molecule has 3 rings (SSSR count). The number of nitrogens with zero attached hydrogens (tertiary/aromatic N) is 2. The molecule has 1 aliphatic rings. The van der Waals surface area contributed by atoms with Gasteiger partial charge >= 0.3 is 5.97 Å². The zero-order chi connectivity index (χ0) is 27.1. The van der Waals surface area contributed by atoms with E-state index in [0.29, 0.717) is 5.69 Å². The summed E-state index contributed by atoms with van der Waals surface area (Å²) >= 11 is 9.13. The molecule has 0 bridgehead atoms. The number of carbonyl (C=O) groups excluding carboxylic acids is 2. The molecule has 1 unspecified atom stereocenters. The molecule has 2 heterocycles. The number of anilines is 1. The highest BCUT2D eigenvalue weighted by molar-refractivity contribution is 9.10. The summed E-state index contributed by atoms with van der Waals surface area (Å²) in [5, 5.41) is 49.8. The number of halogens is 2. The summed E-state index contributed by atoms with van der Waals surface area (Å²) in [6, 6.07) is 3.10. The first-order chi connectivity index (χ1) is 17.5. The molecular formula is C22H24BrClN6O7. The van der Waals surface area contributed by atoms with Gasteiger partial charge in [-0.25, -0.2) is 0 Å². The minimum absolute atomic E-state index is 0.0218. The highest BCUT2D eigenvalue weighted by atomic mass is 79.9. The fourth-order valence-corrected chi connectivity index (χ4v) is 4.16. The molecule has 37 heavy (non-hydrogen) atoms. The number of aliphatic imine (C=N–C) groups is 1. The third-order valence-corrected chi connectivity index (χ3v) is 6.00. The van der Waals surface area contributed by atoms with Gasteiger partial charge in [0.1, 0.15) is 11.9 Å². The van der Waals surface area contributed by atoms with Gasteiger partial charge in [-0.3, -0.25) is 24.4 Å². The lowest BCUT2D eigenvalue weighted by Gasteiger charge is -2.20. The van der Waals surface area contributed by atoms with Crippen LogP contribution in [-0.2, 0) is 9.59 Å². The molecule has 2 amide bonds. The van der Waals surface area contributed by atoms with Crippen molar-refractivity contribution in [3.8, 4) is 5.75 Å². The maximum absolute atomic E-state index is 12.6. The Labute approximate surface area is 224 Å². The first-order valence-electron chi connectivity index (χ1n) is 10.9. The number of aromatic nitrogens is 1. The summed E-state index contributed by atoms with van der Waals surface area (Å²) in [7, 11) is 0. The fourth-order valence-electron chi connectivity index (χ4n) is 3.33. The first kappa shape index (κ1) is 28.1. The zero-order valence-corrected chi connectivity index (χ0v) is 21.5. The average molecular weight is 600 g/mol. The molecule has 0 fully saturated rings. The van der Waals surface area contributed by atoms with Crippen LogP contribution in [0.2, 0.25) is 5.02 Å². The molecule has 15 heteroatoms. The molecule has 0 saturated heterocycles.